The first kappa shape index (κ1) is 19.2. The number of hydrogen-bond acceptors (Lipinski definition) is 3. The number of halogens is 6. The van der Waals surface area contributed by atoms with Crippen molar-refractivity contribution in [3.63, 3.8) is 0 Å². The van der Waals surface area contributed by atoms with Gasteiger partial charge in [0.05, 0.1) is 0 Å². The summed E-state index contributed by atoms with van der Waals surface area (Å²) in [6.45, 7) is 2.49. The zero-order valence-corrected chi connectivity index (χ0v) is 19.3. The van der Waals surface area contributed by atoms with E-state index >= 15 is 0 Å². The molecule has 11 heteroatoms. The van der Waals surface area contributed by atoms with Crippen LogP contribution in [0.15, 0.2) is 28.2 Å². The summed E-state index contributed by atoms with van der Waals surface area (Å²) < 4.78 is 39.9. The van der Waals surface area contributed by atoms with Gasteiger partial charge in [0.15, 0.2) is 0 Å². The van der Waals surface area contributed by atoms with E-state index in [1.54, 1.807) is 4.57 Å². The van der Waals surface area contributed by atoms with E-state index < -0.39 is 19.2 Å². The fourth-order valence-corrected chi connectivity index (χ4v) is 16.9. The summed E-state index contributed by atoms with van der Waals surface area (Å²) in [4.78, 5) is 17.0. The molecule has 0 amide bonds. The number of alkyl halides is 3. The van der Waals surface area contributed by atoms with Crippen LogP contribution >= 0.6 is 54.1 Å². The van der Waals surface area contributed by atoms with Crippen molar-refractivity contribution in [2.45, 2.75) is 34.9 Å². The zero-order chi connectivity index (χ0) is 17.9. The SMILES string of the molecule is CC1(C[Se](Br)(Br)Br)Cn2c(nc3cc(C(F)(F)F)ccc3c2=O)S1. The molecule has 132 valence electrons. The summed E-state index contributed by atoms with van der Waals surface area (Å²) in [6, 6.07) is 3.07. The molecular formula is C13H10Br3F3N2OSSe. The summed E-state index contributed by atoms with van der Waals surface area (Å²) in [5, 5.41) is 1.45. The molecule has 0 N–H and O–H groups in total. The second-order valence-corrected chi connectivity index (χ2v) is 40.8. The molecule has 0 aliphatic carbocycles. The summed E-state index contributed by atoms with van der Waals surface area (Å²) in [5.74, 6) is 0. The third-order valence-electron chi connectivity index (χ3n) is 3.55. The van der Waals surface area contributed by atoms with E-state index in [9.17, 15) is 18.0 Å². The van der Waals surface area contributed by atoms with Gasteiger partial charge in [-0.2, -0.15) is 0 Å². The van der Waals surface area contributed by atoms with Gasteiger partial charge in [0.1, 0.15) is 0 Å². The molecule has 3 nitrogen and oxygen atoms in total. The predicted molar refractivity (Wildman–Crippen MR) is 103 cm³/mol. The van der Waals surface area contributed by atoms with Gasteiger partial charge in [0, 0.05) is 0 Å². The molecule has 3 rings (SSSR count). The van der Waals surface area contributed by atoms with Crippen molar-refractivity contribution in [1.82, 2.24) is 9.55 Å². The van der Waals surface area contributed by atoms with Crippen molar-refractivity contribution in [1.29, 1.82) is 0 Å². The summed E-state index contributed by atoms with van der Waals surface area (Å²) in [6.07, 6.45) is -4.46. The van der Waals surface area contributed by atoms with Gasteiger partial charge in [0.2, 0.25) is 0 Å². The fourth-order valence-electron chi connectivity index (χ4n) is 2.60. The Bertz CT molecular complexity index is 884. The molecule has 1 aliphatic heterocycles. The van der Waals surface area contributed by atoms with Gasteiger partial charge in [-0.25, -0.2) is 0 Å². The molecule has 1 aromatic carbocycles. The van der Waals surface area contributed by atoms with Crippen LogP contribution in [0.1, 0.15) is 12.5 Å². The van der Waals surface area contributed by atoms with Gasteiger partial charge in [-0.05, 0) is 0 Å². The average molecular weight is 618 g/mol. The van der Waals surface area contributed by atoms with E-state index in [-0.39, 0.29) is 21.2 Å². The van der Waals surface area contributed by atoms with Crippen molar-refractivity contribution in [3.8, 4) is 0 Å². The maximum atomic E-state index is 12.9. The average Bonchev–Trinajstić information content (AvgIpc) is 2.71. The molecular weight excluding hydrogens is 608 g/mol. The predicted octanol–water partition coefficient (Wildman–Crippen LogP) is 5.40. The standard InChI is InChI=1S/C13H10Br3F3N2OSSe/c1-12(6-24(14,15)16)5-21-10(22)8-3-2-7(13(17,18)19)4-9(8)20-11(21)23-12/h2-4H,5-6H2,1H3. The Hall–Kier alpha value is 0.459. The third-order valence-corrected chi connectivity index (χ3v) is 10.8. The molecule has 0 radical (unpaired) electrons. The number of thioether (sulfide) groups is 1. The maximum absolute atomic E-state index is 12.9. The Kier molecular flexibility index (Phi) is 5.02. The Morgan fingerprint density at radius 1 is 1.38 bits per heavy atom. The van der Waals surface area contributed by atoms with Gasteiger partial charge in [-0.3, -0.25) is 0 Å². The van der Waals surface area contributed by atoms with Crippen molar-refractivity contribution in [3.05, 3.63) is 34.1 Å². The van der Waals surface area contributed by atoms with Crippen molar-refractivity contribution in [2.24, 2.45) is 0 Å². The van der Waals surface area contributed by atoms with Crippen molar-refractivity contribution >= 4 is 72.4 Å². The molecule has 1 aliphatic rings. The van der Waals surface area contributed by atoms with Gasteiger partial charge in [-0.1, -0.05) is 0 Å². The number of aromatic nitrogens is 2. The number of benzene rings is 1. The van der Waals surface area contributed by atoms with Crippen molar-refractivity contribution < 1.29 is 13.2 Å². The Morgan fingerprint density at radius 3 is 2.62 bits per heavy atom. The van der Waals surface area contributed by atoms with Crippen LogP contribution in [0.2, 0.25) is 5.32 Å². The molecule has 0 spiro atoms. The van der Waals surface area contributed by atoms with Crippen LogP contribution in [0.5, 0.6) is 0 Å². The third kappa shape index (κ3) is 3.91. The molecule has 2 heterocycles. The fraction of sp³-hybridized carbons (Fsp3) is 0.385. The normalized spacial score (nSPS) is 22.0. The van der Waals surface area contributed by atoms with Crippen LogP contribution in [0, 0.1) is 0 Å². The molecule has 24 heavy (non-hydrogen) atoms. The Morgan fingerprint density at radius 2 is 2.04 bits per heavy atom. The number of rotatable bonds is 2. The molecule has 0 fully saturated rings. The van der Waals surface area contributed by atoms with Crippen LogP contribution in [0.3, 0.4) is 0 Å². The molecule has 2 aromatic rings. The summed E-state index contributed by atoms with van der Waals surface area (Å²) in [5.41, 5.74) is -1.02. The first-order valence-electron chi connectivity index (χ1n) is 6.59. The summed E-state index contributed by atoms with van der Waals surface area (Å²) >= 11 is 12.2. The van der Waals surface area contributed by atoms with Crippen LogP contribution in [-0.2, 0) is 12.7 Å². The molecule has 0 bridgehead atoms. The van der Waals surface area contributed by atoms with Gasteiger partial charge in [0.25, 0.3) is 0 Å². The van der Waals surface area contributed by atoms with Crippen LogP contribution in [0.25, 0.3) is 10.9 Å². The van der Waals surface area contributed by atoms with Crippen LogP contribution < -0.4 is 5.56 Å². The second-order valence-electron chi connectivity index (χ2n) is 5.71. The number of hydrogen-bond donors (Lipinski definition) is 0. The van der Waals surface area contributed by atoms with E-state index in [0.29, 0.717) is 11.7 Å². The van der Waals surface area contributed by atoms with Crippen molar-refractivity contribution in [2.75, 3.05) is 0 Å². The Balaban J connectivity index is 2.09. The second kappa shape index (κ2) is 6.27. The first-order valence-corrected chi connectivity index (χ1v) is 20.7. The van der Waals surface area contributed by atoms with Crippen LogP contribution in [0.4, 0.5) is 13.2 Å². The monoisotopic (exact) mass is 616 g/mol. The summed E-state index contributed by atoms with van der Waals surface area (Å²) in [7, 11) is -2.10. The van der Waals surface area contributed by atoms with Gasteiger partial charge < -0.3 is 0 Å². The molecule has 0 saturated heterocycles. The molecule has 0 saturated carbocycles. The molecule has 1 unspecified atom stereocenters. The Labute approximate surface area is 163 Å². The molecule has 1 aromatic heterocycles. The van der Waals surface area contributed by atoms with E-state index in [2.05, 4.69) is 47.3 Å². The van der Waals surface area contributed by atoms with Crippen LogP contribution in [-0.4, -0.2) is 21.7 Å². The van der Waals surface area contributed by atoms with E-state index in [1.807, 2.05) is 6.92 Å². The van der Waals surface area contributed by atoms with Gasteiger partial charge in [-0.15, -0.1) is 0 Å². The first-order chi connectivity index (χ1) is 10.9. The van der Waals surface area contributed by atoms with E-state index in [1.165, 1.54) is 17.8 Å². The number of nitrogens with zero attached hydrogens (tertiary/aromatic N) is 2. The number of fused-ring (bicyclic) bond motifs is 2. The van der Waals surface area contributed by atoms with Gasteiger partial charge >= 0.3 is 164 Å². The molecule has 1 atom stereocenters. The quantitative estimate of drug-likeness (QED) is 0.334. The van der Waals surface area contributed by atoms with E-state index in [0.717, 1.165) is 17.5 Å². The minimum atomic E-state index is -4.46. The minimum absolute atomic E-state index is 0.0828. The zero-order valence-electron chi connectivity index (χ0n) is 12.0. The topological polar surface area (TPSA) is 34.9 Å². The van der Waals surface area contributed by atoms with E-state index in [4.69, 9.17) is 0 Å².